The number of carbonyl (C=O) groups excluding carboxylic acids is 1. The van der Waals surface area contributed by atoms with Crippen molar-refractivity contribution in [2.75, 3.05) is 0 Å². The van der Waals surface area contributed by atoms with E-state index in [0.717, 1.165) is 23.4 Å². The molecule has 152 valence electrons. The maximum Gasteiger partial charge on any atom is 0.185 e. The van der Waals surface area contributed by atoms with Gasteiger partial charge in [-0.05, 0) is 37.0 Å². The molecule has 2 aromatic heterocycles. The molecule has 0 unspecified atom stereocenters. The Morgan fingerprint density at radius 3 is 2.72 bits per heavy atom. The molecule has 0 aliphatic carbocycles. The molecular formula is C22H25ClN4O2. The largest absolute Gasteiger partial charge is 0.386 e. The van der Waals surface area contributed by atoms with E-state index >= 15 is 0 Å². The molecule has 0 spiro atoms. The average molecular weight is 413 g/mol. The molecule has 1 atom stereocenters. The summed E-state index contributed by atoms with van der Waals surface area (Å²) in [4.78, 5) is 16.9. The molecule has 3 aromatic rings. The van der Waals surface area contributed by atoms with Crippen LogP contribution in [0.1, 0.15) is 59.7 Å². The number of hydrogen-bond donors (Lipinski definition) is 1. The first-order chi connectivity index (χ1) is 13.6. The number of aryl methyl sites for hydroxylation is 1. The number of ketones is 1. The van der Waals surface area contributed by atoms with E-state index in [4.69, 9.17) is 11.6 Å². The minimum atomic E-state index is -1.15. The summed E-state index contributed by atoms with van der Waals surface area (Å²) >= 11 is 6.13. The Bertz CT molecular complexity index is 1020. The van der Waals surface area contributed by atoms with Crippen molar-refractivity contribution in [3.63, 3.8) is 0 Å². The zero-order valence-corrected chi connectivity index (χ0v) is 17.8. The molecule has 1 N–H and O–H groups in total. The lowest BCUT2D eigenvalue weighted by atomic mass is 9.93. The van der Waals surface area contributed by atoms with Crippen LogP contribution in [0.5, 0.6) is 0 Å². The van der Waals surface area contributed by atoms with Crippen molar-refractivity contribution in [3.05, 3.63) is 76.1 Å². The monoisotopic (exact) mass is 412 g/mol. The van der Waals surface area contributed by atoms with Crippen LogP contribution in [0.4, 0.5) is 0 Å². The van der Waals surface area contributed by atoms with Crippen molar-refractivity contribution in [1.29, 1.82) is 0 Å². The second kappa shape index (κ2) is 8.43. The summed E-state index contributed by atoms with van der Waals surface area (Å²) in [5.41, 5.74) is 1.69. The Hall–Kier alpha value is -2.57. The summed E-state index contributed by atoms with van der Waals surface area (Å²) < 4.78 is 1.91. The minimum Gasteiger partial charge on any atom is -0.386 e. The van der Waals surface area contributed by atoms with E-state index in [1.165, 1.54) is 6.20 Å². The smallest absolute Gasteiger partial charge is 0.185 e. The van der Waals surface area contributed by atoms with Gasteiger partial charge in [0.1, 0.15) is 17.8 Å². The first-order valence-electron chi connectivity index (χ1n) is 9.48. The van der Waals surface area contributed by atoms with E-state index < -0.39 is 5.60 Å². The molecule has 0 aliphatic rings. The first kappa shape index (κ1) is 21.1. The highest BCUT2D eigenvalue weighted by Gasteiger charge is 2.22. The molecule has 0 saturated heterocycles. The summed E-state index contributed by atoms with van der Waals surface area (Å²) in [5.74, 6) is 1.04. The molecule has 0 fully saturated rings. The van der Waals surface area contributed by atoms with Crippen LogP contribution in [0.15, 0.2) is 42.9 Å². The van der Waals surface area contributed by atoms with Gasteiger partial charge in [0, 0.05) is 31.6 Å². The molecule has 29 heavy (non-hydrogen) atoms. The van der Waals surface area contributed by atoms with Crippen LogP contribution in [-0.4, -0.2) is 30.6 Å². The van der Waals surface area contributed by atoms with Gasteiger partial charge in [-0.25, -0.2) is 0 Å². The van der Waals surface area contributed by atoms with Gasteiger partial charge >= 0.3 is 0 Å². The number of aliphatic hydroxyl groups is 1. The molecule has 6 nitrogen and oxygen atoms in total. The number of hydrogen-bond acceptors (Lipinski definition) is 5. The van der Waals surface area contributed by atoms with Crippen LogP contribution in [0.25, 0.3) is 0 Å². The van der Waals surface area contributed by atoms with Crippen molar-refractivity contribution < 1.29 is 9.90 Å². The molecule has 0 amide bonds. The van der Waals surface area contributed by atoms with Gasteiger partial charge in [0.2, 0.25) is 0 Å². The number of carbonyl (C=O) groups is 1. The van der Waals surface area contributed by atoms with Gasteiger partial charge in [0.15, 0.2) is 5.78 Å². The van der Waals surface area contributed by atoms with Gasteiger partial charge in [-0.1, -0.05) is 42.8 Å². The van der Waals surface area contributed by atoms with Gasteiger partial charge < -0.3 is 9.67 Å². The van der Waals surface area contributed by atoms with Crippen LogP contribution >= 0.6 is 11.6 Å². The highest BCUT2D eigenvalue weighted by atomic mass is 35.5. The number of pyridine rings is 1. The van der Waals surface area contributed by atoms with Gasteiger partial charge in [-0.3, -0.25) is 9.78 Å². The average Bonchev–Trinajstić information content (AvgIpc) is 3.06. The predicted octanol–water partition coefficient (Wildman–Crippen LogP) is 3.86. The Kier molecular flexibility index (Phi) is 6.15. The number of halogens is 1. The third-order valence-electron chi connectivity index (χ3n) is 4.98. The fourth-order valence-electron chi connectivity index (χ4n) is 3.23. The van der Waals surface area contributed by atoms with Gasteiger partial charge in [0.25, 0.3) is 0 Å². The molecule has 0 bridgehead atoms. The highest BCUT2D eigenvalue weighted by molar-refractivity contribution is 6.31. The predicted molar refractivity (Wildman–Crippen MR) is 112 cm³/mol. The van der Waals surface area contributed by atoms with E-state index in [-0.39, 0.29) is 18.1 Å². The number of aromatic nitrogens is 4. The number of benzene rings is 1. The van der Waals surface area contributed by atoms with E-state index in [1.54, 1.807) is 26.2 Å². The van der Waals surface area contributed by atoms with Gasteiger partial charge in [-0.15, -0.1) is 10.2 Å². The molecule has 0 aliphatic heterocycles. The first-order valence-corrected chi connectivity index (χ1v) is 9.86. The van der Waals surface area contributed by atoms with Crippen LogP contribution in [0.3, 0.4) is 0 Å². The maximum atomic E-state index is 12.8. The molecule has 2 heterocycles. The summed E-state index contributed by atoms with van der Waals surface area (Å²) in [7, 11) is 1.93. The third kappa shape index (κ3) is 5.08. The van der Waals surface area contributed by atoms with E-state index in [1.807, 2.05) is 29.8 Å². The van der Waals surface area contributed by atoms with Crippen LogP contribution in [0, 0.1) is 0 Å². The molecule has 7 heteroatoms. The molecule has 0 saturated carbocycles. The van der Waals surface area contributed by atoms with Crippen molar-refractivity contribution in [1.82, 2.24) is 19.7 Å². The van der Waals surface area contributed by atoms with Crippen molar-refractivity contribution in [3.8, 4) is 0 Å². The third-order valence-corrected chi connectivity index (χ3v) is 5.28. The highest BCUT2D eigenvalue weighted by Crippen LogP contribution is 2.28. The fraction of sp³-hybridized carbons (Fsp3) is 0.364. The molecule has 3 rings (SSSR count). The summed E-state index contributed by atoms with van der Waals surface area (Å²) in [6.45, 7) is 5.39. The lowest BCUT2D eigenvalue weighted by molar-refractivity contribution is 0.0784. The normalized spacial score (nSPS) is 12.8. The lowest BCUT2D eigenvalue weighted by Gasteiger charge is -2.19. The second-order valence-electron chi connectivity index (χ2n) is 7.92. The van der Waals surface area contributed by atoms with Crippen molar-refractivity contribution >= 4 is 17.4 Å². The molecule has 0 radical (unpaired) electrons. The second-order valence-corrected chi connectivity index (χ2v) is 8.32. The Morgan fingerprint density at radius 1 is 1.31 bits per heavy atom. The summed E-state index contributed by atoms with van der Waals surface area (Å²) in [6, 6.07) is 9.57. The van der Waals surface area contributed by atoms with Crippen LogP contribution in [-0.2, 0) is 25.5 Å². The number of Topliss-reactive ketones (excluding diaryl/α,β-unsaturated/α-hetero) is 1. The Balaban J connectivity index is 1.76. The van der Waals surface area contributed by atoms with E-state index in [9.17, 15) is 9.90 Å². The van der Waals surface area contributed by atoms with Crippen molar-refractivity contribution in [2.45, 2.75) is 45.1 Å². The Morgan fingerprint density at radius 2 is 2.07 bits per heavy atom. The fourth-order valence-corrected chi connectivity index (χ4v) is 3.56. The molecular weight excluding hydrogens is 388 g/mol. The Labute approximate surface area is 175 Å². The van der Waals surface area contributed by atoms with E-state index in [0.29, 0.717) is 16.3 Å². The minimum absolute atomic E-state index is 0.120. The number of nitrogens with zero attached hydrogens (tertiary/aromatic N) is 4. The van der Waals surface area contributed by atoms with Crippen LogP contribution in [0.2, 0.25) is 5.02 Å². The maximum absolute atomic E-state index is 12.8. The topological polar surface area (TPSA) is 80.9 Å². The van der Waals surface area contributed by atoms with Gasteiger partial charge in [-0.2, -0.15) is 0 Å². The SMILES string of the molecule is C[C@H](Cc1nncn1C)c1cccc(CC(=O)c2cc(C(C)(C)O)c(Cl)cn2)c1. The van der Waals surface area contributed by atoms with Crippen LogP contribution < -0.4 is 0 Å². The summed E-state index contributed by atoms with van der Waals surface area (Å²) in [5, 5.41) is 18.7. The lowest BCUT2D eigenvalue weighted by Crippen LogP contribution is -2.18. The van der Waals surface area contributed by atoms with E-state index in [2.05, 4.69) is 28.2 Å². The quantitative estimate of drug-likeness (QED) is 0.596. The van der Waals surface area contributed by atoms with Gasteiger partial charge in [0.05, 0.1) is 10.6 Å². The van der Waals surface area contributed by atoms with Crippen molar-refractivity contribution in [2.24, 2.45) is 7.05 Å². The zero-order valence-electron chi connectivity index (χ0n) is 17.1. The summed E-state index contributed by atoms with van der Waals surface area (Å²) in [6.07, 6.45) is 4.10. The standard InChI is InChI=1S/C22H25ClN4O2/c1-14(8-21-26-25-13-27(21)4)16-7-5-6-15(9-16)10-20(28)19-11-17(22(2,3)29)18(23)12-24-19/h5-7,9,11-14,29H,8,10H2,1-4H3/t14-/m1/s1. The molecule has 1 aromatic carbocycles. The zero-order chi connectivity index (χ0) is 21.2. The number of rotatable bonds is 7.